The lowest BCUT2D eigenvalue weighted by molar-refractivity contribution is 0.0908. The van der Waals surface area contributed by atoms with Crippen molar-refractivity contribution in [1.82, 2.24) is 9.88 Å². The van der Waals surface area contributed by atoms with Gasteiger partial charge in [-0.3, -0.25) is 4.79 Å². The standard InChI is InChI=1S/C14H14Cl2N2O2/c1-18-4-2-3-12(18)14(20)17-8-13(19)9-5-10(15)7-11(16)6-9/h2-7,13,19H,8H2,1H3,(H,17,20)/t13-/m1/s1. The molecule has 0 unspecified atom stereocenters. The van der Waals surface area contributed by atoms with Gasteiger partial charge >= 0.3 is 0 Å². The van der Waals surface area contributed by atoms with E-state index in [0.717, 1.165) is 0 Å². The number of amides is 1. The molecule has 1 heterocycles. The monoisotopic (exact) mass is 312 g/mol. The molecule has 2 aromatic rings. The Balaban J connectivity index is 2.00. The molecular formula is C14H14Cl2N2O2. The summed E-state index contributed by atoms with van der Waals surface area (Å²) in [6.07, 6.45) is 0.914. The molecule has 1 aromatic carbocycles. The maximum Gasteiger partial charge on any atom is 0.267 e. The zero-order valence-electron chi connectivity index (χ0n) is 10.8. The van der Waals surface area contributed by atoms with Crippen molar-refractivity contribution < 1.29 is 9.90 Å². The van der Waals surface area contributed by atoms with Crippen molar-refractivity contribution in [3.05, 3.63) is 57.8 Å². The fourth-order valence-corrected chi connectivity index (χ4v) is 2.41. The minimum Gasteiger partial charge on any atom is -0.387 e. The lowest BCUT2D eigenvalue weighted by atomic mass is 10.1. The van der Waals surface area contributed by atoms with Crippen LogP contribution in [0.2, 0.25) is 10.0 Å². The Morgan fingerprint density at radius 2 is 2.00 bits per heavy atom. The SMILES string of the molecule is Cn1cccc1C(=O)NC[C@@H](O)c1cc(Cl)cc(Cl)c1. The van der Waals surface area contributed by atoms with Gasteiger partial charge < -0.3 is 15.0 Å². The summed E-state index contributed by atoms with van der Waals surface area (Å²) in [6.45, 7) is 0.0840. The van der Waals surface area contributed by atoms with Crippen molar-refractivity contribution >= 4 is 29.1 Å². The summed E-state index contributed by atoms with van der Waals surface area (Å²) in [5.41, 5.74) is 1.09. The van der Waals surface area contributed by atoms with Gasteiger partial charge in [-0.2, -0.15) is 0 Å². The first kappa shape index (κ1) is 14.9. The van der Waals surface area contributed by atoms with Crippen molar-refractivity contribution in [1.29, 1.82) is 0 Å². The van der Waals surface area contributed by atoms with Gasteiger partial charge in [-0.25, -0.2) is 0 Å². The fraction of sp³-hybridized carbons (Fsp3) is 0.214. The molecule has 0 saturated carbocycles. The van der Waals surface area contributed by atoms with Crippen LogP contribution in [0.1, 0.15) is 22.2 Å². The van der Waals surface area contributed by atoms with Gasteiger partial charge in [0.05, 0.1) is 6.10 Å². The van der Waals surface area contributed by atoms with E-state index < -0.39 is 6.10 Å². The lowest BCUT2D eigenvalue weighted by Gasteiger charge is -2.13. The van der Waals surface area contributed by atoms with Crippen LogP contribution in [0.3, 0.4) is 0 Å². The Labute approximate surface area is 126 Å². The van der Waals surface area contributed by atoms with Gasteiger partial charge in [-0.05, 0) is 35.9 Å². The number of aryl methyl sites for hydroxylation is 1. The number of hydrogen-bond acceptors (Lipinski definition) is 2. The highest BCUT2D eigenvalue weighted by Gasteiger charge is 2.13. The van der Waals surface area contributed by atoms with Crippen LogP contribution < -0.4 is 5.32 Å². The van der Waals surface area contributed by atoms with Crippen molar-refractivity contribution in [2.75, 3.05) is 6.54 Å². The number of aliphatic hydroxyl groups is 1. The van der Waals surface area contributed by atoms with E-state index in [4.69, 9.17) is 23.2 Å². The summed E-state index contributed by atoms with van der Waals surface area (Å²) in [4.78, 5) is 11.9. The van der Waals surface area contributed by atoms with Crippen molar-refractivity contribution in [3.63, 3.8) is 0 Å². The molecule has 2 N–H and O–H groups in total. The third-order valence-corrected chi connectivity index (χ3v) is 3.34. The topological polar surface area (TPSA) is 54.3 Å². The van der Waals surface area contributed by atoms with Crippen LogP contribution in [-0.4, -0.2) is 22.1 Å². The highest BCUT2D eigenvalue weighted by atomic mass is 35.5. The summed E-state index contributed by atoms with van der Waals surface area (Å²) in [7, 11) is 1.78. The number of aromatic nitrogens is 1. The molecule has 4 nitrogen and oxygen atoms in total. The number of nitrogens with zero attached hydrogens (tertiary/aromatic N) is 1. The summed E-state index contributed by atoms with van der Waals surface area (Å²) in [6, 6.07) is 8.31. The molecule has 106 valence electrons. The molecular weight excluding hydrogens is 299 g/mol. The molecule has 20 heavy (non-hydrogen) atoms. The number of nitrogens with one attached hydrogen (secondary N) is 1. The average molecular weight is 313 g/mol. The molecule has 0 radical (unpaired) electrons. The Kier molecular flexibility index (Phi) is 4.70. The van der Waals surface area contributed by atoms with E-state index in [1.807, 2.05) is 0 Å². The van der Waals surface area contributed by atoms with Crippen molar-refractivity contribution in [2.45, 2.75) is 6.10 Å². The molecule has 0 bridgehead atoms. The Bertz CT molecular complexity index is 605. The second kappa shape index (κ2) is 6.31. The van der Waals surface area contributed by atoms with Gasteiger partial charge in [-0.15, -0.1) is 0 Å². The molecule has 0 saturated heterocycles. The van der Waals surface area contributed by atoms with Crippen LogP contribution >= 0.6 is 23.2 Å². The largest absolute Gasteiger partial charge is 0.387 e. The van der Waals surface area contributed by atoms with Crippen LogP contribution in [-0.2, 0) is 7.05 Å². The Morgan fingerprint density at radius 1 is 1.35 bits per heavy atom. The van der Waals surface area contributed by atoms with E-state index in [0.29, 0.717) is 21.3 Å². The molecule has 0 fully saturated rings. The highest BCUT2D eigenvalue weighted by molar-refractivity contribution is 6.34. The van der Waals surface area contributed by atoms with Crippen LogP contribution in [0, 0.1) is 0 Å². The van der Waals surface area contributed by atoms with Crippen molar-refractivity contribution in [3.8, 4) is 0 Å². The van der Waals surface area contributed by atoms with E-state index in [2.05, 4.69) is 5.32 Å². The quantitative estimate of drug-likeness (QED) is 0.912. The van der Waals surface area contributed by atoms with Gasteiger partial charge in [0.25, 0.3) is 5.91 Å². The van der Waals surface area contributed by atoms with Crippen LogP contribution in [0.25, 0.3) is 0 Å². The van der Waals surface area contributed by atoms with E-state index in [-0.39, 0.29) is 12.5 Å². The Morgan fingerprint density at radius 3 is 2.55 bits per heavy atom. The minimum absolute atomic E-state index is 0.0840. The summed E-state index contributed by atoms with van der Waals surface area (Å²) >= 11 is 11.7. The highest BCUT2D eigenvalue weighted by Crippen LogP contribution is 2.23. The first-order chi connectivity index (χ1) is 9.47. The smallest absolute Gasteiger partial charge is 0.267 e. The van der Waals surface area contributed by atoms with E-state index in [1.54, 1.807) is 48.1 Å². The molecule has 1 atom stereocenters. The molecule has 6 heteroatoms. The number of rotatable bonds is 4. The normalized spacial score (nSPS) is 12.2. The summed E-state index contributed by atoms with van der Waals surface area (Å²) in [5, 5.41) is 13.6. The predicted octanol–water partition coefficient (Wildman–Crippen LogP) is 2.80. The van der Waals surface area contributed by atoms with Gasteiger partial charge in [0.1, 0.15) is 5.69 Å². The molecule has 0 aliphatic carbocycles. The molecule has 0 aliphatic heterocycles. The second-order valence-electron chi connectivity index (χ2n) is 4.43. The van der Waals surface area contributed by atoms with E-state index in [9.17, 15) is 9.90 Å². The van der Waals surface area contributed by atoms with E-state index in [1.165, 1.54) is 0 Å². The zero-order chi connectivity index (χ0) is 14.7. The maximum absolute atomic E-state index is 11.9. The van der Waals surface area contributed by atoms with Gasteiger partial charge in [0.15, 0.2) is 0 Å². The molecule has 2 rings (SSSR count). The molecule has 1 amide bonds. The first-order valence-corrected chi connectivity index (χ1v) is 6.76. The van der Waals surface area contributed by atoms with Gasteiger partial charge in [-0.1, -0.05) is 23.2 Å². The number of halogens is 2. The number of carbonyl (C=O) groups is 1. The van der Waals surface area contributed by atoms with Crippen LogP contribution in [0.15, 0.2) is 36.5 Å². The van der Waals surface area contributed by atoms with Crippen LogP contribution in [0.4, 0.5) is 0 Å². The fourth-order valence-electron chi connectivity index (χ4n) is 1.86. The van der Waals surface area contributed by atoms with E-state index >= 15 is 0 Å². The summed E-state index contributed by atoms with van der Waals surface area (Å²) in [5.74, 6) is -0.246. The second-order valence-corrected chi connectivity index (χ2v) is 5.31. The number of aliphatic hydroxyl groups excluding tert-OH is 1. The third-order valence-electron chi connectivity index (χ3n) is 2.90. The number of carbonyl (C=O) groups excluding carboxylic acids is 1. The molecule has 1 aromatic heterocycles. The van der Waals surface area contributed by atoms with Crippen LogP contribution in [0.5, 0.6) is 0 Å². The first-order valence-electron chi connectivity index (χ1n) is 6.01. The summed E-state index contributed by atoms with van der Waals surface area (Å²) < 4.78 is 1.71. The predicted molar refractivity (Wildman–Crippen MR) is 79.2 cm³/mol. The number of benzene rings is 1. The Hall–Kier alpha value is -1.49. The third kappa shape index (κ3) is 3.54. The van der Waals surface area contributed by atoms with Crippen molar-refractivity contribution in [2.24, 2.45) is 7.05 Å². The minimum atomic E-state index is -0.865. The molecule has 0 spiro atoms. The lowest BCUT2D eigenvalue weighted by Crippen LogP contribution is -2.29. The zero-order valence-corrected chi connectivity index (χ0v) is 12.3. The van der Waals surface area contributed by atoms with Gasteiger partial charge in [0, 0.05) is 29.8 Å². The van der Waals surface area contributed by atoms with Gasteiger partial charge in [0.2, 0.25) is 0 Å². The molecule has 0 aliphatic rings. The maximum atomic E-state index is 11.9. The average Bonchev–Trinajstić information content (AvgIpc) is 2.80. The number of hydrogen-bond donors (Lipinski definition) is 2.